The quantitative estimate of drug-likeness (QED) is 0.707. The lowest BCUT2D eigenvalue weighted by molar-refractivity contribution is 0.582. The van der Waals surface area contributed by atoms with E-state index in [1.165, 1.54) is 0 Å². The summed E-state index contributed by atoms with van der Waals surface area (Å²) in [5.74, 6) is 0.793. The van der Waals surface area contributed by atoms with Crippen LogP contribution in [0.1, 0.15) is 0 Å². The van der Waals surface area contributed by atoms with Crippen LogP contribution in [0.3, 0.4) is 0 Å². The number of rotatable bonds is 1. The predicted molar refractivity (Wildman–Crippen MR) is 53.6 cm³/mol. The van der Waals surface area contributed by atoms with Gasteiger partial charge in [0.15, 0.2) is 0 Å². The minimum atomic E-state index is 0.550. The number of furan rings is 1. The van der Waals surface area contributed by atoms with Gasteiger partial charge in [-0.2, -0.15) is 0 Å². The fraction of sp³-hybridized carbons (Fsp3) is 0. The molecule has 0 spiro atoms. The smallest absolute Gasteiger partial charge is 0.133 e. The van der Waals surface area contributed by atoms with E-state index in [-0.39, 0.29) is 0 Å². The van der Waals surface area contributed by atoms with Crippen LogP contribution in [0.2, 0.25) is 5.02 Å². The maximum absolute atomic E-state index is 5.86. The Bertz CT molecular complexity index is 409. The van der Waals surface area contributed by atoms with Gasteiger partial charge in [-0.1, -0.05) is 11.6 Å². The van der Waals surface area contributed by atoms with Gasteiger partial charge in [-0.05, 0) is 30.3 Å². The van der Waals surface area contributed by atoms with Crippen molar-refractivity contribution in [2.45, 2.75) is 0 Å². The van der Waals surface area contributed by atoms with Crippen molar-refractivity contribution < 1.29 is 4.42 Å². The summed E-state index contributed by atoms with van der Waals surface area (Å²) in [4.78, 5) is 0. The Kier molecular flexibility index (Phi) is 1.99. The first kappa shape index (κ1) is 8.20. The number of hydrogen-bond acceptors (Lipinski definition) is 2. The second-order valence-electron chi connectivity index (χ2n) is 2.71. The molecule has 0 unspecified atom stereocenters. The Balaban J connectivity index is 2.49. The molecular formula is C10H8ClNO. The van der Waals surface area contributed by atoms with E-state index in [1.807, 2.05) is 18.2 Å². The van der Waals surface area contributed by atoms with Crippen molar-refractivity contribution in [1.82, 2.24) is 0 Å². The van der Waals surface area contributed by atoms with Gasteiger partial charge in [0.25, 0.3) is 0 Å². The van der Waals surface area contributed by atoms with Crippen LogP contribution in [0, 0.1) is 0 Å². The summed E-state index contributed by atoms with van der Waals surface area (Å²) in [6.07, 6.45) is 1.62. The molecule has 0 radical (unpaired) electrons. The molecule has 66 valence electrons. The van der Waals surface area contributed by atoms with E-state index in [0.717, 1.165) is 11.3 Å². The highest BCUT2D eigenvalue weighted by Gasteiger charge is 2.02. The van der Waals surface area contributed by atoms with Crippen LogP contribution in [0.15, 0.2) is 41.0 Å². The largest absolute Gasteiger partial charge is 0.464 e. The summed E-state index contributed by atoms with van der Waals surface area (Å²) in [7, 11) is 0. The van der Waals surface area contributed by atoms with Crippen molar-refractivity contribution in [1.29, 1.82) is 0 Å². The Morgan fingerprint density at radius 3 is 2.69 bits per heavy atom. The van der Waals surface area contributed by atoms with Gasteiger partial charge in [-0.15, -0.1) is 0 Å². The number of halogens is 1. The topological polar surface area (TPSA) is 39.2 Å². The second kappa shape index (κ2) is 3.15. The molecule has 0 aliphatic rings. The third-order valence-electron chi connectivity index (χ3n) is 1.81. The first-order chi connectivity index (χ1) is 6.27. The molecule has 0 saturated carbocycles. The molecule has 0 amide bonds. The molecule has 1 heterocycles. The van der Waals surface area contributed by atoms with Gasteiger partial charge in [0.05, 0.1) is 17.0 Å². The Hall–Kier alpha value is -1.41. The zero-order chi connectivity index (χ0) is 9.26. The number of nitrogen functional groups attached to an aromatic ring is 1. The maximum Gasteiger partial charge on any atom is 0.133 e. The van der Waals surface area contributed by atoms with Gasteiger partial charge in [-0.25, -0.2) is 0 Å². The average Bonchev–Trinajstić information content (AvgIpc) is 2.62. The molecule has 2 nitrogen and oxygen atoms in total. The van der Waals surface area contributed by atoms with Crippen molar-refractivity contribution >= 4 is 17.3 Å². The third kappa shape index (κ3) is 1.53. The molecule has 0 aliphatic carbocycles. The zero-order valence-corrected chi connectivity index (χ0v) is 7.58. The van der Waals surface area contributed by atoms with Gasteiger partial charge < -0.3 is 10.2 Å². The molecular weight excluding hydrogens is 186 g/mol. The van der Waals surface area contributed by atoms with E-state index in [1.54, 1.807) is 18.4 Å². The van der Waals surface area contributed by atoms with Gasteiger partial charge in [0.1, 0.15) is 5.76 Å². The molecule has 2 N–H and O–H groups in total. The van der Waals surface area contributed by atoms with Gasteiger partial charge in [0.2, 0.25) is 0 Å². The van der Waals surface area contributed by atoms with Crippen LogP contribution in [0.5, 0.6) is 0 Å². The predicted octanol–water partition coefficient (Wildman–Crippen LogP) is 3.18. The van der Waals surface area contributed by atoms with Gasteiger partial charge in [0, 0.05) is 5.56 Å². The maximum atomic E-state index is 5.86. The SMILES string of the molecule is Nc1ccc(-c2ccco2)cc1Cl. The molecule has 2 rings (SSSR count). The number of nitrogens with two attached hydrogens (primary N) is 1. The fourth-order valence-electron chi connectivity index (χ4n) is 1.12. The summed E-state index contributed by atoms with van der Waals surface area (Å²) in [5, 5.41) is 0.550. The van der Waals surface area contributed by atoms with Crippen molar-refractivity contribution in [2.24, 2.45) is 0 Å². The standard InChI is InChI=1S/C10H8ClNO/c11-8-6-7(3-4-9(8)12)10-2-1-5-13-10/h1-6H,12H2. The Morgan fingerprint density at radius 2 is 2.08 bits per heavy atom. The van der Waals surface area contributed by atoms with E-state index in [0.29, 0.717) is 10.7 Å². The lowest BCUT2D eigenvalue weighted by Gasteiger charge is -2.00. The first-order valence-electron chi connectivity index (χ1n) is 3.86. The molecule has 1 aromatic carbocycles. The highest BCUT2D eigenvalue weighted by molar-refractivity contribution is 6.33. The summed E-state index contributed by atoms with van der Waals surface area (Å²) in [6.45, 7) is 0. The molecule has 0 atom stereocenters. The highest BCUT2D eigenvalue weighted by atomic mass is 35.5. The Morgan fingerprint density at radius 1 is 1.23 bits per heavy atom. The number of benzene rings is 1. The molecule has 2 aromatic rings. The van der Waals surface area contributed by atoms with Crippen LogP contribution >= 0.6 is 11.6 Å². The normalized spacial score (nSPS) is 10.2. The summed E-state index contributed by atoms with van der Waals surface area (Å²) in [5.41, 5.74) is 7.09. The lowest BCUT2D eigenvalue weighted by Crippen LogP contribution is -1.85. The van der Waals surface area contributed by atoms with Crippen molar-refractivity contribution in [2.75, 3.05) is 5.73 Å². The molecule has 0 saturated heterocycles. The molecule has 1 aromatic heterocycles. The van der Waals surface area contributed by atoms with E-state index in [4.69, 9.17) is 21.8 Å². The average molecular weight is 194 g/mol. The zero-order valence-electron chi connectivity index (χ0n) is 6.83. The van der Waals surface area contributed by atoms with E-state index < -0.39 is 0 Å². The number of anilines is 1. The van der Waals surface area contributed by atoms with Crippen LogP contribution < -0.4 is 5.73 Å². The van der Waals surface area contributed by atoms with E-state index >= 15 is 0 Å². The van der Waals surface area contributed by atoms with Gasteiger partial charge in [-0.3, -0.25) is 0 Å². The monoisotopic (exact) mass is 193 g/mol. The van der Waals surface area contributed by atoms with Crippen LogP contribution in [-0.4, -0.2) is 0 Å². The third-order valence-corrected chi connectivity index (χ3v) is 2.13. The lowest BCUT2D eigenvalue weighted by atomic mass is 10.1. The summed E-state index contributed by atoms with van der Waals surface area (Å²) < 4.78 is 5.21. The molecule has 0 bridgehead atoms. The van der Waals surface area contributed by atoms with Crippen LogP contribution in [0.4, 0.5) is 5.69 Å². The number of hydrogen-bond donors (Lipinski definition) is 1. The van der Waals surface area contributed by atoms with Crippen LogP contribution in [-0.2, 0) is 0 Å². The van der Waals surface area contributed by atoms with Gasteiger partial charge >= 0.3 is 0 Å². The van der Waals surface area contributed by atoms with Crippen molar-refractivity contribution in [3.05, 3.63) is 41.6 Å². The van der Waals surface area contributed by atoms with Crippen molar-refractivity contribution in [3.8, 4) is 11.3 Å². The summed E-state index contributed by atoms with van der Waals surface area (Å²) in [6, 6.07) is 9.14. The second-order valence-corrected chi connectivity index (χ2v) is 3.12. The molecule has 0 fully saturated rings. The van der Waals surface area contributed by atoms with Crippen LogP contribution in [0.25, 0.3) is 11.3 Å². The molecule has 3 heteroatoms. The molecule has 0 aliphatic heterocycles. The highest BCUT2D eigenvalue weighted by Crippen LogP contribution is 2.26. The Labute approximate surface area is 80.9 Å². The fourth-order valence-corrected chi connectivity index (χ4v) is 1.30. The minimum Gasteiger partial charge on any atom is -0.464 e. The first-order valence-corrected chi connectivity index (χ1v) is 4.24. The summed E-state index contributed by atoms with van der Waals surface area (Å²) >= 11 is 5.86. The van der Waals surface area contributed by atoms with Crippen molar-refractivity contribution in [3.63, 3.8) is 0 Å². The minimum absolute atomic E-state index is 0.550. The van der Waals surface area contributed by atoms with E-state index in [9.17, 15) is 0 Å². The molecule has 13 heavy (non-hydrogen) atoms. The van der Waals surface area contributed by atoms with E-state index in [2.05, 4.69) is 0 Å².